The molecule has 22 heavy (non-hydrogen) atoms. The van der Waals surface area contributed by atoms with Crippen LogP contribution in [-0.4, -0.2) is 51.9 Å². The maximum Gasteiger partial charge on any atom is 0.243 e. The number of aryl methyl sites for hydroxylation is 1. The van der Waals surface area contributed by atoms with Crippen LogP contribution in [0.2, 0.25) is 0 Å². The van der Waals surface area contributed by atoms with E-state index in [4.69, 9.17) is 4.74 Å². The smallest absolute Gasteiger partial charge is 0.243 e. The van der Waals surface area contributed by atoms with E-state index in [2.05, 4.69) is 26.2 Å². The van der Waals surface area contributed by atoms with Crippen molar-refractivity contribution >= 4 is 11.6 Å². The Kier molecular flexibility index (Phi) is 4.40. The van der Waals surface area contributed by atoms with Crippen LogP contribution in [0, 0.1) is 0 Å². The Hall–Kier alpha value is -2.32. The van der Waals surface area contributed by atoms with Crippen LogP contribution >= 0.6 is 0 Å². The number of carbonyl (C=O) groups excluding carboxylic acids is 1. The number of nitrogens with zero attached hydrogens (tertiary/aromatic N) is 4. The number of hydrogen-bond acceptors (Lipinski definition) is 6. The first kappa shape index (κ1) is 14.6. The molecule has 2 aromatic rings. The van der Waals surface area contributed by atoms with Gasteiger partial charge in [-0.2, -0.15) is 0 Å². The molecule has 2 heterocycles. The molecule has 1 fully saturated rings. The molecule has 1 aromatic heterocycles. The van der Waals surface area contributed by atoms with Crippen molar-refractivity contribution in [3.05, 3.63) is 24.3 Å². The molecule has 1 aliphatic heterocycles. The largest absolute Gasteiger partial charge is 0.378 e. The second kappa shape index (κ2) is 6.63. The van der Waals surface area contributed by atoms with Crippen LogP contribution in [0.3, 0.4) is 0 Å². The van der Waals surface area contributed by atoms with Gasteiger partial charge in [-0.15, -0.1) is 5.10 Å². The van der Waals surface area contributed by atoms with Crippen molar-refractivity contribution in [2.45, 2.75) is 19.5 Å². The molecule has 0 aliphatic carbocycles. The van der Waals surface area contributed by atoms with Gasteiger partial charge in [0.05, 0.1) is 13.2 Å². The minimum atomic E-state index is -0.321. The maximum absolute atomic E-state index is 12.2. The van der Waals surface area contributed by atoms with Gasteiger partial charge in [0.25, 0.3) is 0 Å². The molecule has 0 radical (unpaired) electrons. The van der Waals surface area contributed by atoms with Crippen molar-refractivity contribution in [1.82, 2.24) is 25.5 Å². The van der Waals surface area contributed by atoms with E-state index in [1.807, 2.05) is 31.2 Å². The number of benzene rings is 1. The lowest BCUT2D eigenvalue weighted by atomic mass is 10.1. The quantitative estimate of drug-likeness (QED) is 0.843. The highest BCUT2D eigenvalue weighted by atomic mass is 16.5. The van der Waals surface area contributed by atoms with Crippen molar-refractivity contribution in [3.8, 4) is 11.4 Å². The fourth-order valence-electron chi connectivity index (χ4n) is 2.32. The maximum atomic E-state index is 12.2. The monoisotopic (exact) mass is 302 g/mol. The fraction of sp³-hybridized carbons (Fsp3) is 0.429. The molecular formula is C14H18N6O2. The molecule has 0 spiro atoms. The van der Waals surface area contributed by atoms with Gasteiger partial charge in [0.15, 0.2) is 5.82 Å². The van der Waals surface area contributed by atoms with E-state index < -0.39 is 0 Å². The van der Waals surface area contributed by atoms with E-state index >= 15 is 0 Å². The third kappa shape index (κ3) is 3.12. The number of ether oxygens (including phenoxy) is 1. The highest BCUT2D eigenvalue weighted by Crippen LogP contribution is 2.20. The second-order valence-electron chi connectivity index (χ2n) is 4.97. The topological polar surface area (TPSA) is 94.0 Å². The molecule has 1 atom stereocenters. The van der Waals surface area contributed by atoms with Gasteiger partial charge < -0.3 is 15.4 Å². The molecule has 116 valence electrons. The van der Waals surface area contributed by atoms with Gasteiger partial charge in [0.1, 0.15) is 6.04 Å². The summed E-state index contributed by atoms with van der Waals surface area (Å²) < 4.78 is 7.01. The Bertz CT molecular complexity index is 650. The van der Waals surface area contributed by atoms with Crippen LogP contribution in [0.15, 0.2) is 24.3 Å². The molecular weight excluding hydrogens is 284 g/mol. The van der Waals surface area contributed by atoms with Crippen molar-refractivity contribution in [2.24, 2.45) is 0 Å². The summed E-state index contributed by atoms with van der Waals surface area (Å²) in [6.45, 7) is 4.37. The van der Waals surface area contributed by atoms with Crippen molar-refractivity contribution in [1.29, 1.82) is 0 Å². The fourth-order valence-corrected chi connectivity index (χ4v) is 2.32. The standard InChI is InChI=1S/C14H18N6O2/c1-2-20-13(17-18-19-20)10-4-3-5-11(8-10)16-14(21)12-9-22-7-6-15-12/h3-5,8,12,15H,2,6-7,9H2,1H3,(H,16,21). The van der Waals surface area contributed by atoms with E-state index in [0.29, 0.717) is 37.8 Å². The number of amides is 1. The van der Waals surface area contributed by atoms with Gasteiger partial charge in [0.2, 0.25) is 5.91 Å². The number of rotatable bonds is 4. The van der Waals surface area contributed by atoms with Gasteiger partial charge in [0, 0.05) is 24.3 Å². The summed E-state index contributed by atoms with van der Waals surface area (Å²) in [5, 5.41) is 17.6. The van der Waals surface area contributed by atoms with Crippen molar-refractivity contribution in [2.75, 3.05) is 25.1 Å². The zero-order chi connectivity index (χ0) is 15.4. The molecule has 8 nitrogen and oxygen atoms in total. The summed E-state index contributed by atoms with van der Waals surface area (Å²) in [5.74, 6) is 0.574. The highest BCUT2D eigenvalue weighted by molar-refractivity contribution is 5.95. The van der Waals surface area contributed by atoms with Gasteiger partial charge in [-0.1, -0.05) is 12.1 Å². The molecule has 1 unspecified atom stereocenters. The van der Waals surface area contributed by atoms with Crippen molar-refractivity contribution < 1.29 is 9.53 Å². The van der Waals surface area contributed by atoms with Gasteiger partial charge >= 0.3 is 0 Å². The summed E-state index contributed by atoms with van der Waals surface area (Å²) in [4.78, 5) is 12.2. The number of anilines is 1. The van der Waals surface area contributed by atoms with Crippen molar-refractivity contribution in [3.63, 3.8) is 0 Å². The minimum absolute atomic E-state index is 0.105. The van der Waals surface area contributed by atoms with Crippen LogP contribution in [0.4, 0.5) is 5.69 Å². The van der Waals surface area contributed by atoms with E-state index in [9.17, 15) is 4.79 Å². The first-order valence-electron chi connectivity index (χ1n) is 7.26. The summed E-state index contributed by atoms with van der Waals surface area (Å²) in [5.41, 5.74) is 1.57. The van der Waals surface area contributed by atoms with E-state index in [1.54, 1.807) is 4.68 Å². The average Bonchev–Trinajstić information content (AvgIpc) is 3.04. The zero-order valence-corrected chi connectivity index (χ0v) is 12.3. The predicted molar refractivity (Wildman–Crippen MR) is 80.2 cm³/mol. The molecule has 0 saturated carbocycles. The van der Waals surface area contributed by atoms with Crippen LogP contribution in [0.1, 0.15) is 6.92 Å². The lowest BCUT2D eigenvalue weighted by Gasteiger charge is -2.22. The summed E-state index contributed by atoms with van der Waals surface area (Å²) in [6, 6.07) is 7.16. The lowest BCUT2D eigenvalue weighted by molar-refractivity contribution is -0.120. The number of nitrogens with one attached hydrogen (secondary N) is 2. The molecule has 1 aliphatic rings. The molecule has 1 aromatic carbocycles. The zero-order valence-electron chi connectivity index (χ0n) is 12.3. The van der Waals surface area contributed by atoms with E-state index in [1.165, 1.54) is 0 Å². The SMILES string of the molecule is CCn1nnnc1-c1cccc(NC(=O)C2COCCN2)c1. The summed E-state index contributed by atoms with van der Waals surface area (Å²) >= 11 is 0. The Balaban J connectivity index is 1.75. The lowest BCUT2D eigenvalue weighted by Crippen LogP contribution is -2.48. The first-order valence-corrected chi connectivity index (χ1v) is 7.26. The van der Waals surface area contributed by atoms with Crippen LogP contribution in [-0.2, 0) is 16.1 Å². The van der Waals surface area contributed by atoms with Gasteiger partial charge in [-0.3, -0.25) is 4.79 Å². The average molecular weight is 302 g/mol. The molecule has 0 bridgehead atoms. The van der Waals surface area contributed by atoms with E-state index in [-0.39, 0.29) is 11.9 Å². The second-order valence-corrected chi connectivity index (χ2v) is 4.97. The van der Waals surface area contributed by atoms with E-state index in [0.717, 1.165) is 5.56 Å². The van der Waals surface area contributed by atoms with Gasteiger partial charge in [-0.05, 0) is 29.5 Å². The normalized spacial score (nSPS) is 18.1. The van der Waals surface area contributed by atoms with Gasteiger partial charge in [-0.25, -0.2) is 4.68 Å². The Morgan fingerprint density at radius 1 is 1.55 bits per heavy atom. The summed E-state index contributed by atoms with van der Waals surface area (Å²) in [6.07, 6.45) is 0. The Morgan fingerprint density at radius 2 is 2.45 bits per heavy atom. The van der Waals surface area contributed by atoms with Crippen LogP contribution in [0.25, 0.3) is 11.4 Å². The number of morpholine rings is 1. The number of carbonyl (C=O) groups is 1. The molecule has 8 heteroatoms. The Labute approximate surface area is 127 Å². The molecule has 2 N–H and O–H groups in total. The van der Waals surface area contributed by atoms with Crippen LogP contribution < -0.4 is 10.6 Å². The Morgan fingerprint density at radius 3 is 3.23 bits per heavy atom. The number of hydrogen-bond donors (Lipinski definition) is 2. The number of tetrazole rings is 1. The molecule has 1 amide bonds. The predicted octanol–water partition coefficient (Wildman–Crippen LogP) is 0.287. The minimum Gasteiger partial charge on any atom is -0.378 e. The third-order valence-electron chi connectivity index (χ3n) is 3.46. The number of aromatic nitrogens is 4. The third-order valence-corrected chi connectivity index (χ3v) is 3.46. The molecule has 1 saturated heterocycles. The molecule has 3 rings (SSSR count). The van der Waals surface area contributed by atoms with Crippen LogP contribution in [0.5, 0.6) is 0 Å². The summed E-state index contributed by atoms with van der Waals surface area (Å²) in [7, 11) is 0. The highest BCUT2D eigenvalue weighted by Gasteiger charge is 2.21. The first-order chi connectivity index (χ1) is 10.8.